The summed E-state index contributed by atoms with van der Waals surface area (Å²) in [6, 6.07) is 24.7. The largest absolute Gasteiger partial charge is 0.507 e. The third-order valence-corrected chi connectivity index (χ3v) is 6.57. The van der Waals surface area contributed by atoms with E-state index in [1.807, 2.05) is 32.0 Å². The molecule has 0 spiro atoms. The van der Waals surface area contributed by atoms with E-state index in [1.54, 1.807) is 60.7 Å². The van der Waals surface area contributed by atoms with E-state index < -0.39 is 17.7 Å². The van der Waals surface area contributed by atoms with Gasteiger partial charge in [0.25, 0.3) is 11.7 Å². The summed E-state index contributed by atoms with van der Waals surface area (Å²) in [4.78, 5) is 27.9. The van der Waals surface area contributed by atoms with Crippen molar-refractivity contribution in [2.24, 2.45) is 0 Å². The van der Waals surface area contributed by atoms with E-state index in [-0.39, 0.29) is 17.9 Å². The molecule has 39 heavy (non-hydrogen) atoms. The molecule has 1 atom stereocenters. The lowest BCUT2D eigenvalue weighted by Crippen LogP contribution is -2.29. The fraction of sp³-hybridized carbons (Fsp3) is 0.188. The van der Waals surface area contributed by atoms with E-state index in [1.165, 1.54) is 11.2 Å². The lowest BCUT2D eigenvalue weighted by Gasteiger charge is -2.24. The molecule has 3 aromatic carbocycles. The van der Waals surface area contributed by atoms with Crippen LogP contribution in [0.1, 0.15) is 41.0 Å². The number of furan rings is 1. The number of hydrogen-bond acceptors (Lipinski definition) is 6. The van der Waals surface area contributed by atoms with Crippen molar-refractivity contribution < 1.29 is 28.6 Å². The molecule has 5 rings (SSSR count). The lowest BCUT2D eigenvalue weighted by atomic mass is 9.95. The number of ether oxygens (including phenoxy) is 2. The van der Waals surface area contributed by atoms with Crippen LogP contribution >= 0.6 is 0 Å². The van der Waals surface area contributed by atoms with E-state index in [2.05, 4.69) is 6.07 Å². The van der Waals surface area contributed by atoms with Crippen molar-refractivity contribution in [1.82, 2.24) is 4.90 Å². The van der Waals surface area contributed by atoms with Crippen molar-refractivity contribution in [3.8, 4) is 11.5 Å². The maximum Gasteiger partial charge on any atom is 0.296 e. The number of benzene rings is 3. The highest BCUT2D eigenvalue weighted by Gasteiger charge is 2.46. The Morgan fingerprint density at radius 2 is 1.64 bits per heavy atom. The number of carbonyl (C=O) groups excluding carboxylic acids is 2. The zero-order valence-electron chi connectivity index (χ0n) is 21.8. The third kappa shape index (κ3) is 5.57. The molecule has 7 nitrogen and oxygen atoms in total. The number of ketones is 1. The van der Waals surface area contributed by atoms with Crippen molar-refractivity contribution in [3.05, 3.63) is 125 Å². The van der Waals surface area contributed by atoms with Gasteiger partial charge in [-0.1, -0.05) is 42.0 Å². The molecular weight excluding hydrogens is 494 g/mol. The molecule has 4 aromatic rings. The fourth-order valence-electron chi connectivity index (χ4n) is 4.71. The van der Waals surface area contributed by atoms with Crippen LogP contribution in [0.3, 0.4) is 0 Å². The normalized spacial score (nSPS) is 16.5. The van der Waals surface area contributed by atoms with E-state index in [0.717, 1.165) is 11.1 Å². The SMILES string of the molecule is CCOc1ccc(C2/C(=C(/O)c3ccc(OCc4cccc(C)c4)cc3)C(=O)C(=O)N2Cc2ccco2)cc1. The molecule has 0 bridgehead atoms. The summed E-state index contributed by atoms with van der Waals surface area (Å²) in [5.74, 6) is 0.116. The molecule has 1 aliphatic heterocycles. The van der Waals surface area contributed by atoms with Crippen LogP contribution in [0.5, 0.6) is 11.5 Å². The molecule has 198 valence electrons. The Balaban J connectivity index is 1.46. The van der Waals surface area contributed by atoms with Gasteiger partial charge < -0.3 is 23.9 Å². The van der Waals surface area contributed by atoms with Crippen LogP contribution in [0.15, 0.2) is 101 Å². The minimum atomic E-state index is -0.803. The first-order valence-corrected chi connectivity index (χ1v) is 12.8. The van der Waals surface area contributed by atoms with Crippen LogP contribution < -0.4 is 9.47 Å². The maximum absolute atomic E-state index is 13.3. The molecule has 1 aromatic heterocycles. The number of Topliss-reactive ketones (excluding diaryl/α,β-unsaturated/α-hetero) is 1. The van der Waals surface area contributed by atoms with Gasteiger partial charge in [0.1, 0.15) is 29.6 Å². The molecule has 1 aliphatic rings. The van der Waals surface area contributed by atoms with Gasteiger partial charge in [0.2, 0.25) is 0 Å². The summed E-state index contributed by atoms with van der Waals surface area (Å²) in [5, 5.41) is 11.3. The summed E-state index contributed by atoms with van der Waals surface area (Å²) < 4.78 is 16.9. The number of hydrogen-bond donors (Lipinski definition) is 1. The van der Waals surface area contributed by atoms with Crippen LogP contribution in [0, 0.1) is 6.92 Å². The van der Waals surface area contributed by atoms with Crippen LogP contribution in [0.4, 0.5) is 0 Å². The second kappa shape index (κ2) is 11.3. The molecule has 1 unspecified atom stereocenters. The van der Waals surface area contributed by atoms with Gasteiger partial charge in [-0.3, -0.25) is 9.59 Å². The van der Waals surface area contributed by atoms with Gasteiger partial charge in [0.05, 0.1) is 31.0 Å². The van der Waals surface area contributed by atoms with Crippen LogP contribution in [0.2, 0.25) is 0 Å². The first-order chi connectivity index (χ1) is 18.9. The molecule has 0 saturated carbocycles. The number of rotatable bonds is 9. The first-order valence-electron chi connectivity index (χ1n) is 12.8. The van der Waals surface area contributed by atoms with Crippen molar-refractivity contribution in [3.63, 3.8) is 0 Å². The number of likely N-dealkylation sites (tertiary alicyclic amines) is 1. The van der Waals surface area contributed by atoms with Gasteiger partial charge >= 0.3 is 0 Å². The molecule has 1 saturated heterocycles. The second-order valence-corrected chi connectivity index (χ2v) is 9.31. The smallest absolute Gasteiger partial charge is 0.296 e. The van der Waals surface area contributed by atoms with Gasteiger partial charge in [-0.15, -0.1) is 0 Å². The quantitative estimate of drug-likeness (QED) is 0.160. The third-order valence-electron chi connectivity index (χ3n) is 6.57. The van der Waals surface area contributed by atoms with Gasteiger partial charge in [-0.05, 0) is 73.5 Å². The Morgan fingerprint density at radius 3 is 2.31 bits per heavy atom. The highest BCUT2D eigenvalue weighted by atomic mass is 16.5. The average molecular weight is 524 g/mol. The zero-order valence-corrected chi connectivity index (χ0v) is 21.8. The maximum atomic E-state index is 13.3. The van der Waals surface area contributed by atoms with E-state index >= 15 is 0 Å². The summed E-state index contributed by atoms with van der Waals surface area (Å²) >= 11 is 0. The molecule has 1 fully saturated rings. The highest BCUT2D eigenvalue weighted by Crippen LogP contribution is 2.41. The number of aliphatic hydroxyl groups excluding tert-OH is 1. The summed E-state index contributed by atoms with van der Waals surface area (Å²) in [7, 11) is 0. The Labute approximate surface area is 226 Å². The minimum Gasteiger partial charge on any atom is -0.507 e. The van der Waals surface area contributed by atoms with Gasteiger partial charge in [0.15, 0.2) is 0 Å². The van der Waals surface area contributed by atoms with E-state index in [0.29, 0.717) is 41.6 Å². The van der Waals surface area contributed by atoms with Crippen molar-refractivity contribution in [2.75, 3.05) is 6.61 Å². The second-order valence-electron chi connectivity index (χ2n) is 9.31. The predicted molar refractivity (Wildman–Crippen MR) is 146 cm³/mol. The zero-order chi connectivity index (χ0) is 27.4. The number of aliphatic hydroxyl groups is 1. The Morgan fingerprint density at radius 1 is 0.923 bits per heavy atom. The molecule has 0 radical (unpaired) electrons. The Hall–Kier alpha value is -4.78. The number of carbonyl (C=O) groups is 2. The van der Waals surface area contributed by atoms with Crippen molar-refractivity contribution >= 4 is 17.4 Å². The van der Waals surface area contributed by atoms with Crippen molar-refractivity contribution in [2.45, 2.75) is 33.0 Å². The van der Waals surface area contributed by atoms with E-state index in [9.17, 15) is 14.7 Å². The summed E-state index contributed by atoms with van der Waals surface area (Å²) in [6.07, 6.45) is 1.51. The van der Waals surface area contributed by atoms with Gasteiger partial charge in [0, 0.05) is 5.56 Å². The van der Waals surface area contributed by atoms with Gasteiger partial charge in [-0.25, -0.2) is 0 Å². The lowest BCUT2D eigenvalue weighted by molar-refractivity contribution is -0.140. The fourth-order valence-corrected chi connectivity index (χ4v) is 4.71. The summed E-state index contributed by atoms with van der Waals surface area (Å²) in [5.41, 5.74) is 3.30. The molecule has 2 heterocycles. The first kappa shape index (κ1) is 25.9. The van der Waals surface area contributed by atoms with Gasteiger partial charge in [-0.2, -0.15) is 0 Å². The molecule has 1 N–H and O–H groups in total. The van der Waals surface area contributed by atoms with Crippen molar-refractivity contribution in [1.29, 1.82) is 0 Å². The predicted octanol–water partition coefficient (Wildman–Crippen LogP) is 6.19. The average Bonchev–Trinajstić information content (AvgIpc) is 3.55. The number of nitrogens with zero attached hydrogens (tertiary/aromatic N) is 1. The monoisotopic (exact) mass is 523 g/mol. The van der Waals surface area contributed by atoms with Crippen LogP contribution in [-0.2, 0) is 22.7 Å². The Bertz CT molecular complexity index is 1490. The number of amides is 1. The molecule has 0 aliphatic carbocycles. The number of aryl methyl sites for hydroxylation is 1. The topological polar surface area (TPSA) is 89.2 Å². The minimum absolute atomic E-state index is 0.0177. The molecule has 1 amide bonds. The van der Waals surface area contributed by atoms with Crippen LogP contribution in [-0.4, -0.2) is 28.3 Å². The summed E-state index contributed by atoms with van der Waals surface area (Å²) in [6.45, 7) is 4.92. The molecule has 7 heteroatoms. The highest BCUT2D eigenvalue weighted by molar-refractivity contribution is 6.46. The van der Waals surface area contributed by atoms with Crippen LogP contribution in [0.25, 0.3) is 5.76 Å². The van der Waals surface area contributed by atoms with E-state index in [4.69, 9.17) is 13.9 Å². The Kier molecular flexibility index (Phi) is 7.50. The standard InChI is InChI=1S/C32H29NO6/c1-3-37-25-13-9-23(10-14-25)29-28(31(35)32(36)33(29)19-27-8-5-17-38-27)30(34)24-11-15-26(16-12-24)39-20-22-7-4-6-21(2)18-22/h4-18,29,34H,3,19-20H2,1-2H3/b30-28-. The molecular formula is C32H29NO6.